The largest absolute Gasteiger partial charge is 0.306 e. The molecule has 0 aliphatic carbocycles. The van der Waals surface area contributed by atoms with Crippen LogP contribution < -0.4 is 0 Å². The third-order valence-corrected chi connectivity index (χ3v) is 5.81. The molecular formula is C25H15N7. The second-order valence-corrected chi connectivity index (χ2v) is 7.55. The highest BCUT2D eigenvalue weighted by Gasteiger charge is 2.20. The molecular weight excluding hydrogens is 398 g/mol. The van der Waals surface area contributed by atoms with Gasteiger partial charge in [-0.2, -0.15) is 0 Å². The third-order valence-electron chi connectivity index (χ3n) is 5.81. The fourth-order valence-corrected chi connectivity index (χ4v) is 4.50. The Hall–Kier alpha value is -4.65. The minimum atomic E-state index is 0.851. The Labute approximate surface area is 181 Å². The smallest absolute Gasteiger partial charge is 0.116 e. The van der Waals surface area contributed by atoms with Crippen molar-refractivity contribution < 1.29 is 0 Å². The summed E-state index contributed by atoms with van der Waals surface area (Å²) in [6.07, 6.45) is 10.8. The first-order valence-corrected chi connectivity index (χ1v) is 10.3. The average Bonchev–Trinajstić information content (AvgIpc) is 3.36. The molecule has 0 bridgehead atoms. The molecule has 7 rings (SSSR count). The van der Waals surface area contributed by atoms with Crippen LogP contribution in [0.4, 0.5) is 0 Å². The van der Waals surface area contributed by atoms with Crippen molar-refractivity contribution in [3.63, 3.8) is 0 Å². The Morgan fingerprint density at radius 3 is 1.41 bits per heavy atom. The molecule has 0 amide bonds. The van der Waals surface area contributed by atoms with Gasteiger partial charge in [0.15, 0.2) is 0 Å². The van der Waals surface area contributed by atoms with E-state index in [0.29, 0.717) is 0 Å². The van der Waals surface area contributed by atoms with E-state index in [1.54, 1.807) is 24.8 Å². The van der Waals surface area contributed by atoms with Gasteiger partial charge in [-0.3, -0.25) is 19.9 Å². The monoisotopic (exact) mass is 413 g/mol. The van der Waals surface area contributed by atoms with E-state index in [-0.39, 0.29) is 0 Å². The molecule has 7 aromatic heterocycles. The summed E-state index contributed by atoms with van der Waals surface area (Å²) in [5.41, 5.74) is 9.42. The lowest BCUT2D eigenvalue weighted by Crippen LogP contribution is -1.96. The number of hydrogen-bond acceptors (Lipinski definition) is 5. The van der Waals surface area contributed by atoms with E-state index in [1.807, 2.05) is 48.8 Å². The van der Waals surface area contributed by atoms with Gasteiger partial charge in [0, 0.05) is 48.6 Å². The fraction of sp³-hybridized carbons (Fsp3) is 0. The Morgan fingerprint density at radius 2 is 0.938 bits per heavy atom. The zero-order valence-electron chi connectivity index (χ0n) is 16.8. The van der Waals surface area contributed by atoms with Crippen molar-refractivity contribution in [3.8, 4) is 11.4 Å². The molecule has 7 aromatic rings. The van der Waals surface area contributed by atoms with Gasteiger partial charge >= 0.3 is 0 Å². The van der Waals surface area contributed by atoms with Crippen LogP contribution in [0.1, 0.15) is 0 Å². The van der Waals surface area contributed by atoms with E-state index in [4.69, 9.17) is 4.98 Å². The van der Waals surface area contributed by atoms with Crippen LogP contribution in [-0.4, -0.2) is 34.1 Å². The summed E-state index contributed by atoms with van der Waals surface area (Å²) in [5, 5.41) is 0. The van der Waals surface area contributed by atoms with Gasteiger partial charge in [0.2, 0.25) is 0 Å². The molecule has 150 valence electrons. The normalized spacial score (nSPS) is 11.8. The zero-order valence-corrected chi connectivity index (χ0v) is 16.8. The lowest BCUT2D eigenvalue weighted by Gasteiger charge is -2.08. The molecule has 0 unspecified atom stereocenters. The minimum Gasteiger partial charge on any atom is -0.306 e. The molecule has 0 atom stereocenters. The van der Waals surface area contributed by atoms with Gasteiger partial charge in [-0.15, -0.1) is 0 Å². The number of fused-ring (bicyclic) bond motifs is 6. The quantitative estimate of drug-likeness (QED) is 0.405. The Balaban J connectivity index is 1.71. The number of nitrogens with zero attached hydrogens (tertiary/aromatic N) is 7. The van der Waals surface area contributed by atoms with Crippen LogP contribution in [-0.2, 0) is 0 Å². The SMILES string of the molecule is c1cnc2c3nc4c5ncccc5n(-c5ccncc5)c4cc3n(-c3ccncc3)c2c1. The maximum atomic E-state index is 5.13. The Bertz CT molecular complexity index is 1640. The molecule has 0 fully saturated rings. The second-order valence-electron chi connectivity index (χ2n) is 7.55. The summed E-state index contributed by atoms with van der Waals surface area (Å²) in [6, 6.07) is 18.2. The number of pyridine rings is 5. The molecule has 0 saturated carbocycles. The Kier molecular flexibility index (Phi) is 3.43. The first kappa shape index (κ1) is 17.1. The third kappa shape index (κ3) is 2.27. The number of hydrogen-bond donors (Lipinski definition) is 0. The van der Waals surface area contributed by atoms with Crippen LogP contribution in [0.2, 0.25) is 0 Å². The van der Waals surface area contributed by atoms with Gasteiger partial charge in [-0.1, -0.05) is 0 Å². The van der Waals surface area contributed by atoms with Gasteiger partial charge in [0.25, 0.3) is 0 Å². The molecule has 7 heteroatoms. The molecule has 32 heavy (non-hydrogen) atoms. The van der Waals surface area contributed by atoms with E-state index in [2.05, 4.69) is 47.3 Å². The average molecular weight is 413 g/mol. The predicted octanol–water partition coefficient (Wildman–Crippen LogP) is 4.86. The van der Waals surface area contributed by atoms with Crippen LogP contribution in [0.25, 0.3) is 55.5 Å². The maximum Gasteiger partial charge on any atom is 0.116 e. The molecule has 0 N–H and O–H groups in total. The van der Waals surface area contributed by atoms with E-state index >= 15 is 0 Å². The van der Waals surface area contributed by atoms with E-state index in [0.717, 1.165) is 55.5 Å². The molecule has 7 nitrogen and oxygen atoms in total. The maximum absolute atomic E-state index is 5.13. The summed E-state index contributed by atoms with van der Waals surface area (Å²) >= 11 is 0. The van der Waals surface area contributed by atoms with Crippen LogP contribution in [0.5, 0.6) is 0 Å². The zero-order chi connectivity index (χ0) is 21.1. The topological polar surface area (TPSA) is 74.3 Å². The lowest BCUT2D eigenvalue weighted by atomic mass is 10.3. The van der Waals surface area contributed by atoms with Crippen LogP contribution >= 0.6 is 0 Å². The van der Waals surface area contributed by atoms with Crippen molar-refractivity contribution in [2.75, 3.05) is 0 Å². The van der Waals surface area contributed by atoms with E-state index in [9.17, 15) is 0 Å². The van der Waals surface area contributed by atoms with Crippen molar-refractivity contribution >= 4 is 44.1 Å². The summed E-state index contributed by atoms with van der Waals surface area (Å²) in [6.45, 7) is 0. The summed E-state index contributed by atoms with van der Waals surface area (Å²) in [4.78, 5) is 22.8. The number of rotatable bonds is 2. The molecule has 0 saturated heterocycles. The van der Waals surface area contributed by atoms with Crippen molar-refractivity contribution in [2.24, 2.45) is 0 Å². The van der Waals surface area contributed by atoms with Crippen LogP contribution in [0.3, 0.4) is 0 Å². The van der Waals surface area contributed by atoms with Gasteiger partial charge in [-0.05, 0) is 54.6 Å². The highest BCUT2D eigenvalue weighted by molar-refractivity contribution is 6.13. The van der Waals surface area contributed by atoms with Gasteiger partial charge < -0.3 is 9.13 Å². The Morgan fingerprint density at radius 1 is 0.469 bits per heavy atom. The summed E-state index contributed by atoms with van der Waals surface area (Å²) < 4.78 is 4.38. The fourth-order valence-electron chi connectivity index (χ4n) is 4.50. The van der Waals surface area contributed by atoms with Gasteiger partial charge in [-0.25, -0.2) is 4.98 Å². The molecule has 0 aliphatic heterocycles. The standard InChI is InChI=1S/C25H15N7/c1-3-18-22(28-9-1)24-20(31(18)16-5-11-26-12-6-16)15-21-25(30-24)23-19(4-2-10-29-23)32(21)17-7-13-27-14-8-17/h1-15H. The van der Waals surface area contributed by atoms with Crippen molar-refractivity contribution in [1.82, 2.24) is 34.1 Å². The predicted molar refractivity (Wildman–Crippen MR) is 124 cm³/mol. The van der Waals surface area contributed by atoms with E-state index in [1.165, 1.54) is 0 Å². The first-order valence-electron chi connectivity index (χ1n) is 10.3. The van der Waals surface area contributed by atoms with Crippen LogP contribution in [0.15, 0.2) is 91.8 Å². The first-order chi connectivity index (χ1) is 15.9. The summed E-state index contributed by atoms with van der Waals surface area (Å²) in [5.74, 6) is 0. The van der Waals surface area contributed by atoms with Gasteiger partial charge in [0.05, 0.1) is 22.1 Å². The van der Waals surface area contributed by atoms with Gasteiger partial charge in [0.1, 0.15) is 22.1 Å². The highest BCUT2D eigenvalue weighted by Crippen LogP contribution is 2.35. The van der Waals surface area contributed by atoms with Crippen LogP contribution in [0, 0.1) is 0 Å². The molecule has 0 radical (unpaired) electrons. The van der Waals surface area contributed by atoms with Crippen molar-refractivity contribution in [1.29, 1.82) is 0 Å². The van der Waals surface area contributed by atoms with E-state index < -0.39 is 0 Å². The molecule has 0 spiro atoms. The summed E-state index contributed by atoms with van der Waals surface area (Å²) in [7, 11) is 0. The van der Waals surface area contributed by atoms with Crippen molar-refractivity contribution in [3.05, 3.63) is 91.8 Å². The molecule has 0 aliphatic rings. The number of aromatic nitrogens is 7. The molecule has 7 heterocycles. The minimum absolute atomic E-state index is 0.851. The molecule has 0 aromatic carbocycles. The van der Waals surface area contributed by atoms with Crippen molar-refractivity contribution in [2.45, 2.75) is 0 Å². The highest BCUT2D eigenvalue weighted by atomic mass is 15.1. The lowest BCUT2D eigenvalue weighted by molar-refractivity contribution is 1.14. The second kappa shape index (κ2) is 6.42.